The lowest BCUT2D eigenvalue weighted by molar-refractivity contribution is 1.08. The summed E-state index contributed by atoms with van der Waals surface area (Å²) >= 11 is 0. The summed E-state index contributed by atoms with van der Waals surface area (Å²) < 4.78 is 7.53. The van der Waals surface area contributed by atoms with E-state index in [0.29, 0.717) is 0 Å². The van der Waals surface area contributed by atoms with Gasteiger partial charge in [-0.05, 0) is 52.6 Å². The molecule has 0 aliphatic heterocycles. The van der Waals surface area contributed by atoms with E-state index < -0.39 is 0 Å². The SMILES string of the molecule is c1ccc(-c2nc3ccc4ccccc4c3nc2-n2c3cccc4c5cccc6c7ccc8ccccc8c7n(c7cc8c9ccccc9n(-c9ccccc9)c8c2c7c43)c56)cc1. The van der Waals surface area contributed by atoms with Crippen LogP contribution in [0.15, 0.2) is 200 Å². The molecule has 0 bridgehead atoms. The molecule has 5 nitrogen and oxygen atoms in total. The summed E-state index contributed by atoms with van der Waals surface area (Å²) in [6.45, 7) is 0. The van der Waals surface area contributed by atoms with Crippen molar-refractivity contribution in [3.05, 3.63) is 200 Å². The molecule has 5 aromatic heterocycles. The van der Waals surface area contributed by atoms with E-state index in [0.717, 1.165) is 72.2 Å². The van der Waals surface area contributed by atoms with E-state index in [1.165, 1.54) is 64.9 Å². The van der Waals surface area contributed by atoms with Crippen LogP contribution in [-0.2, 0) is 0 Å². The maximum absolute atomic E-state index is 5.84. The third-order valence-electron chi connectivity index (χ3n) is 13.7. The smallest absolute Gasteiger partial charge is 0.165 e. The van der Waals surface area contributed by atoms with Crippen molar-refractivity contribution in [1.29, 1.82) is 0 Å². The van der Waals surface area contributed by atoms with Crippen molar-refractivity contribution in [2.45, 2.75) is 0 Å². The van der Waals surface area contributed by atoms with E-state index in [4.69, 9.17) is 9.97 Å². The predicted octanol–water partition coefficient (Wildman–Crippen LogP) is 14.9. The number of nitrogens with zero attached hydrogens (tertiary/aromatic N) is 5. The first-order chi connectivity index (χ1) is 31.3. The second-order valence-corrected chi connectivity index (χ2v) is 16.9. The summed E-state index contributed by atoms with van der Waals surface area (Å²) in [7, 11) is 0. The Morgan fingerprint density at radius 1 is 0.333 bits per heavy atom. The minimum absolute atomic E-state index is 0.798. The highest BCUT2D eigenvalue weighted by molar-refractivity contribution is 6.37. The normalized spacial score (nSPS) is 12.4. The van der Waals surface area contributed by atoms with Crippen molar-refractivity contribution in [2.24, 2.45) is 0 Å². The van der Waals surface area contributed by atoms with Crippen molar-refractivity contribution in [3.8, 4) is 22.8 Å². The number of hydrogen-bond acceptors (Lipinski definition) is 2. The van der Waals surface area contributed by atoms with Crippen LogP contribution in [0, 0.1) is 0 Å². The minimum atomic E-state index is 0.798. The number of para-hydroxylation sites is 3. The van der Waals surface area contributed by atoms with Crippen LogP contribution in [0.1, 0.15) is 0 Å². The molecule has 0 fully saturated rings. The van der Waals surface area contributed by atoms with Gasteiger partial charge in [-0.15, -0.1) is 0 Å². The zero-order chi connectivity index (χ0) is 40.9. The lowest BCUT2D eigenvalue weighted by Gasteiger charge is -2.16. The summed E-state index contributed by atoms with van der Waals surface area (Å²) in [6, 6.07) is 72.8. The van der Waals surface area contributed by atoms with Gasteiger partial charge in [-0.2, -0.15) is 0 Å². The maximum atomic E-state index is 5.84. The van der Waals surface area contributed by atoms with E-state index >= 15 is 0 Å². The van der Waals surface area contributed by atoms with E-state index in [-0.39, 0.29) is 0 Å². The van der Waals surface area contributed by atoms with Crippen LogP contribution in [-0.4, -0.2) is 23.5 Å². The maximum Gasteiger partial charge on any atom is 0.165 e. The Balaban J connectivity index is 1.29. The van der Waals surface area contributed by atoms with Gasteiger partial charge in [0.1, 0.15) is 5.69 Å². The highest BCUT2D eigenvalue weighted by Gasteiger charge is 2.29. The third kappa shape index (κ3) is 4.25. The quantitative estimate of drug-likeness (QED) is 0.167. The number of benzene rings is 10. The standard InChI is InChI=1S/C58H33N5/c1-3-17-36(18-4-1)52-58(60-53-38-21-9-7-15-34(38)30-32-46(53)59-52)63-48-28-14-24-41-42-25-13-26-43-44-31-29-35-16-8-10-22-39(35)54(44)62(55(42)43)49-33-45-40-23-11-12-27-47(40)61(37-19-5-2-6-20-37)56(45)57(63)51(49)50(41)48/h1-33H. The first-order valence-corrected chi connectivity index (χ1v) is 21.6. The van der Waals surface area contributed by atoms with Crippen molar-refractivity contribution in [3.63, 3.8) is 0 Å². The molecule has 15 rings (SSSR count). The molecule has 0 N–H and O–H groups in total. The average molecular weight is 800 g/mol. The van der Waals surface area contributed by atoms with Crippen molar-refractivity contribution in [2.75, 3.05) is 0 Å². The summed E-state index contributed by atoms with van der Waals surface area (Å²) in [4.78, 5) is 11.4. The second-order valence-electron chi connectivity index (χ2n) is 16.9. The molecule has 10 aromatic carbocycles. The van der Waals surface area contributed by atoms with Crippen LogP contribution in [0.5, 0.6) is 0 Å². The molecular weight excluding hydrogens is 767 g/mol. The lowest BCUT2D eigenvalue weighted by Crippen LogP contribution is -2.05. The molecule has 0 aliphatic carbocycles. The Kier molecular flexibility index (Phi) is 6.36. The Hall–Kier alpha value is -8.54. The molecule has 0 saturated carbocycles. The predicted molar refractivity (Wildman–Crippen MR) is 263 cm³/mol. The molecule has 0 amide bonds. The largest absolute Gasteiger partial charge is 0.307 e. The van der Waals surface area contributed by atoms with Gasteiger partial charge in [0.2, 0.25) is 0 Å². The number of rotatable bonds is 3. The summed E-state index contributed by atoms with van der Waals surface area (Å²) in [5, 5.41) is 14.4. The Bertz CT molecular complexity index is 4420. The highest BCUT2D eigenvalue weighted by atomic mass is 15.1. The third-order valence-corrected chi connectivity index (χ3v) is 13.7. The van der Waals surface area contributed by atoms with Crippen molar-refractivity contribution in [1.82, 2.24) is 23.5 Å². The molecule has 15 aromatic rings. The number of aromatic nitrogens is 5. The minimum Gasteiger partial charge on any atom is -0.307 e. The summed E-state index contributed by atoms with van der Waals surface area (Å²) in [5.74, 6) is 0.798. The number of fused-ring (bicyclic) bond motifs is 14. The van der Waals surface area contributed by atoms with Crippen LogP contribution in [0.4, 0.5) is 0 Å². The zero-order valence-corrected chi connectivity index (χ0v) is 33.8. The van der Waals surface area contributed by atoms with Crippen LogP contribution >= 0.6 is 0 Å². The van der Waals surface area contributed by atoms with E-state index in [1.54, 1.807) is 0 Å². The summed E-state index contributed by atoms with van der Waals surface area (Å²) in [5.41, 5.74) is 12.8. The van der Waals surface area contributed by atoms with Gasteiger partial charge < -0.3 is 8.97 Å². The van der Waals surface area contributed by atoms with Crippen LogP contribution in [0.25, 0.3) is 137 Å². The Morgan fingerprint density at radius 2 is 0.937 bits per heavy atom. The molecule has 0 spiro atoms. The van der Waals surface area contributed by atoms with E-state index in [2.05, 4.69) is 214 Å². The summed E-state index contributed by atoms with van der Waals surface area (Å²) in [6.07, 6.45) is 0. The fraction of sp³-hybridized carbons (Fsp3) is 0. The number of hydrogen-bond donors (Lipinski definition) is 0. The average Bonchev–Trinajstić information content (AvgIpc) is 3.97. The van der Waals surface area contributed by atoms with E-state index in [1.807, 2.05) is 0 Å². The molecule has 0 radical (unpaired) electrons. The molecular formula is C58H33N5. The molecule has 63 heavy (non-hydrogen) atoms. The van der Waals surface area contributed by atoms with Gasteiger partial charge >= 0.3 is 0 Å². The van der Waals surface area contributed by atoms with E-state index in [9.17, 15) is 0 Å². The molecule has 290 valence electrons. The topological polar surface area (TPSA) is 40.1 Å². The van der Waals surface area contributed by atoms with Gasteiger partial charge in [0, 0.05) is 59.7 Å². The molecule has 5 heterocycles. The first-order valence-electron chi connectivity index (χ1n) is 21.6. The fourth-order valence-electron chi connectivity index (χ4n) is 11.1. The van der Waals surface area contributed by atoms with Gasteiger partial charge in [0.05, 0.1) is 49.7 Å². The second kappa shape index (κ2) is 12.1. The van der Waals surface area contributed by atoms with Gasteiger partial charge in [-0.3, -0.25) is 4.57 Å². The molecule has 0 aliphatic rings. The van der Waals surface area contributed by atoms with Gasteiger partial charge in [0.25, 0.3) is 0 Å². The Labute approximate surface area is 359 Å². The molecule has 0 unspecified atom stereocenters. The van der Waals surface area contributed by atoms with Crippen LogP contribution in [0.3, 0.4) is 0 Å². The van der Waals surface area contributed by atoms with Crippen LogP contribution in [0.2, 0.25) is 0 Å². The van der Waals surface area contributed by atoms with Crippen molar-refractivity contribution >= 4 is 114 Å². The van der Waals surface area contributed by atoms with Gasteiger partial charge in [-0.1, -0.05) is 164 Å². The van der Waals surface area contributed by atoms with Gasteiger partial charge in [-0.25, -0.2) is 9.97 Å². The lowest BCUT2D eigenvalue weighted by atomic mass is 10.0. The van der Waals surface area contributed by atoms with Crippen LogP contribution < -0.4 is 0 Å². The van der Waals surface area contributed by atoms with Crippen molar-refractivity contribution < 1.29 is 0 Å². The highest BCUT2D eigenvalue weighted by Crippen LogP contribution is 2.50. The molecule has 0 atom stereocenters. The zero-order valence-electron chi connectivity index (χ0n) is 33.8. The molecule has 5 heteroatoms. The Morgan fingerprint density at radius 3 is 1.78 bits per heavy atom. The monoisotopic (exact) mass is 799 g/mol. The molecule has 0 saturated heterocycles. The first kappa shape index (κ1) is 33.2. The van der Waals surface area contributed by atoms with Gasteiger partial charge in [0.15, 0.2) is 5.82 Å². The fourth-order valence-corrected chi connectivity index (χ4v) is 11.1.